The van der Waals surface area contributed by atoms with E-state index in [0.717, 1.165) is 23.7 Å². The Balaban J connectivity index is 2.53. The van der Waals surface area contributed by atoms with E-state index in [1.54, 1.807) is 0 Å². The molecular formula is C27H55N. The molecule has 0 radical (unpaired) electrons. The van der Waals surface area contributed by atoms with Crippen LogP contribution in [-0.4, -0.2) is 24.5 Å². The Kier molecular flexibility index (Phi) is 15.5. The zero-order chi connectivity index (χ0) is 20.6. The molecular weight excluding hydrogens is 338 g/mol. The maximum atomic E-state index is 2.84. The van der Waals surface area contributed by atoms with E-state index in [0.29, 0.717) is 0 Å². The molecule has 1 heteroatoms. The molecule has 0 aromatic heterocycles. The molecule has 1 saturated heterocycles. The van der Waals surface area contributed by atoms with Crippen LogP contribution in [0.15, 0.2) is 0 Å². The van der Waals surface area contributed by atoms with Crippen molar-refractivity contribution in [2.75, 3.05) is 19.6 Å². The van der Waals surface area contributed by atoms with Gasteiger partial charge in [0.15, 0.2) is 0 Å². The monoisotopic (exact) mass is 393 g/mol. The van der Waals surface area contributed by atoms with Gasteiger partial charge >= 0.3 is 0 Å². The van der Waals surface area contributed by atoms with Gasteiger partial charge in [-0.1, -0.05) is 118 Å². The average Bonchev–Trinajstić information content (AvgIpc) is 2.70. The number of nitrogens with zero attached hydrogens (tertiary/aromatic N) is 1. The lowest BCUT2D eigenvalue weighted by atomic mass is 9.88. The molecule has 0 N–H and O–H groups in total. The molecule has 1 rings (SSSR count). The van der Waals surface area contributed by atoms with Gasteiger partial charge in [0.25, 0.3) is 0 Å². The van der Waals surface area contributed by atoms with E-state index in [9.17, 15) is 0 Å². The summed E-state index contributed by atoms with van der Waals surface area (Å²) < 4.78 is 0. The first-order valence-electron chi connectivity index (χ1n) is 13.3. The molecule has 0 aliphatic carbocycles. The first-order valence-corrected chi connectivity index (χ1v) is 13.3. The molecule has 1 fully saturated rings. The van der Waals surface area contributed by atoms with Crippen LogP contribution in [0, 0.1) is 23.7 Å². The fourth-order valence-electron chi connectivity index (χ4n) is 5.00. The predicted octanol–water partition coefficient (Wildman–Crippen LogP) is 8.72. The number of rotatable bonds is 9. The van der Waals surface area contributed by atoms with E-state index < -0.39 is 0 Å². The van der Waals surface area contributed by atoms with Gasteiger partial charge in [0.1, 0.15) is 0 Å². The van der Waals surface area contributed by atoms with Crippen LogP contribution in [0.25, 0.3) is 0 Å². The minimum Gasteiger partial charge on any atom is -0.303 e. The standard InChI is InChI=1S/C27H55N/c1-6-24(4)16-15-20-27-18-12-10-9-11-17-26(8-3)23-28(21-14-13-19-27)22-25(5)7-2/h24-27H,6-23H2,1-5H3/t24-,25+,26+,27+/m1/s1. The third-order valence-corrected chi connectivity index (χ3v) is 7.68. The van der Waals surface area contributed by atoms with Crippen LogP contribution < -0.4 is 0 Å². The minimum absolute atomic E-state index is 0.852. The van der Waals surface area contributed by atoms with Crippen molar-refractivity contribution in [3.8, 4) is 0 Å². The van der Waals surface area contributed by atoms with Gasteiger partial charge in [0.05, 0.1) is 0 Å². The second-order valence-electron chi connectivity index (χ2n) is 10.3. The quantitative estimate of drug-likeness (QED) is 0.378. The zero-order valence-corrected chi connectivity index (χ0v) is 20.5. The van der Waals surface area contributed by atoms with Gasteiger partial charge in [-0.25, -0.2) is 0 Å². The maximum Gasteiger partial charge on any atom is 0.000967 e. The lowest BCUT2D eigenvalue weighted by molar-refractivity contribution is 0.185. The number of hydrogen-bond acceptors (Lipinski definition) is 1. The fraction of sp³-hybridized carbons (Fsp3) is 1.00. The third kappa shape index (κ3) is 12.5. The topological polar surface area (TPSA) is 3.24 Å². The van der Waals surface area contributed by atoms with Gasteiger partial charge in [0.2, 0.25) is 0 Å². The van der Waals surface area contributed by atoms with Crippen molar-refractivity contribution in [2.45, 2.75) is 131 Å². The molecule has 0 spiro atoms. The van der Waals surface area contributed by atoms with E-state index >= 15 is 0 Å². The first kappa shape index (κ1) is 26.0. The second kappa shape index (κ2) is 16.7. The van der Waals surface area contributed by atoms with E-state index in [4.69, 9.17) is 0 Å². The summed E-state index contributed by atoms with van der Waals surface area (Å²) in [5, 5.41) is 0. The Morgan fingerprint density at radius 2 is 1.36 bits per heavy atom. The van der Waals surface area contributed by atoms with Crippen molar-refractivity contribution in [3.63, 3.8) is 0 Å². The highest BCUT2D eigenvalue weighted by atomic mass is 15.1. The smallest absolute Gasteiger partial charge is 0.000967 e. The van der Waals surface area contributed by atoms with E-state index in [2.05, 4.69) is 39.5 Å². The molecule has 0 aromatic carbocycles. The Morgan fingerprint density at radius 1 is 0.750 bits per heavy atom. The summed E-state index contributed by atoms with van der Waals surface area (Å²) in [7, 11) is 0. The van der Waals surface area contributed by atoms with Crippen LogP contribution in [-0.2, 0) is 0 Å². The van der Waals surface area contributed by atoms with Gasteiger partial charge in [-0.3, -0.25) is 0 Å². The Bertz CT molecular complexity index is 337. The van der Waals surface area contributed by atoms with E-state index in [1.165, 1.54) is 116 Å². The summed E-state index contributed by atoms with van der Waals surface area (Å²) in [5.41, 5.74) is 0. The zero-order valence-electron chi connectivity index (χ0n) is 20.5. The van der Waals surface area contributed by atoms with Gasteiger partial charge in [0, 0.05) is 13.1 Å². The van der Waals surface area contributed by atoms with Crippen LogP contribution in [0.1, 0.15) is 131 Å². The molecule has 0 amide bonds. The van der Waals surface area contributed by atoms with Gasteiger partial charge in [-0.15, -0.1) is 0 Å². The lowest BCUT2D eigenvalue weighted by Crippen LogP contribution is -2.34. The summed E-state index contributed by atoms with van der Waals surface area (Å²) >= 11 is 0. The minimum atomic E-state index is 0.852. The van der Waals surface area contributed by atoms with E-state index in [1.807, 2.05) is 0 Å². The summed E-state index contributed by atoms with van der Waals surface area (Å²) in [5.74, 6) is 3.72. The molecule has 1 heterocycles. The summed E-state index contributed by atoms with van der Waals surface area (Å²) in [4.78, 5) is 2.84. The van der Waals surface area contributed by atoms with Crippen molar-refractivity contribution in [2.24, 2.45) is 23.7 Å². The van der Waals surface area contributed by atoms with Crippen LogP contribution in [0.4, 0.5) is 0 Å². The molecule has 1 aliphatic heterocycles. The second-order valence-corrected chi connectivity index (χ2v) is 10.3. The highest BCUT2D eigenvalue weighted by Crippen LogP contribution is 2.26. The van der Waals surface area contributed by atoms with Crippen molar-refractivity contribution in [1.29, 1.82) is 0 Å². The first-order chi connectivity index (χ1) is 13.6. The third-order valence-electron chi connectivity index (χ3n) is 7.68. The molecule has 28 heavy (non-hydrogen) atoms. The normalized spacial score (nSPS) is 26.5. The average molecular weight is 394 g/mol. The van der Waals surface area contributed by atoms with Gasteiger partial charge in [-0.05, 0) is 43.1 Å². The highest BCUT2D eigenvalue weighted by Gasteiger charge is 2.16. The Hall–Kier alpha value is -0.0400. The SMILES string of the molecule is CC[C@@H](C)CCC[C@H]1CCCCCC[C@H](CC)CN(C[C@@H](C)CC)CCCC1. The molecule has 0 bridgehead atoms. The van der Waals surface area contributed by atoms with Gasteiger partial charge in [-0.2, -0.15) is 0 Å². The van der Waals surface area contributed by atoms with Crippen molar-refractivity contribution in [3.05, 3.63) is 0 Å². The maximum absolute atomic E-state index is 2.84. The molecule has 0 unspecified atom stereocenters. The molecule has 1 aliphatic rings. The molecule has 4 atom stereocenters. The molecule has 0 saturated carbocycles. The largest absolute Gasteiger partial charge is 0.303 e. The Morgan fingerprint density at radius 3 is 1.96 bits per heavy atom. The summed E-state index contributed by atoms with van der Waals surface area (Å²) in [6.45, 7) is 16.0. The van der Waals surface area contributed by atoms with Crippen molar-refractivity contribution in [1.82, 2.24) is 4.90 Å². The van der Waals surface area contributed by atoms with E-state index in [-0.39, 0.29) is 0 Å². The van der Waals surface area contributed by atoms with Crippen LogP contribution in [0.5, 0.6) is 0 Å². The fourth-order valence-corrected chi connectivity index (χ4v) is 5.00. The summed E-state index contributed by atoms with van der Waals surface area (Å²) in [6, 6.07) is 0. The van der Waals surface area contributed by atoms with Crippen LogP contribution in [0.3, 0.4) is 0 Å². The highest BCUT2D eigenvalue weighted by molar-refractivity contribution is 4.70. The van der Waals surface area contributed by atoms with Crippen molar-refractivity contribution >= 4 is 0 Å². The Labute approximate surface area is 179 Å². The molecule has 168 valence electrons. The molecule has 0 aromatic rings. The lowest BCUT2D eigenvalue weighted by Gasteiger charge is -2.30. The van der Waals surface area contributed by atoms with Gasteiger partial charge < -0.3 is 4.90 Å². The van der Waals surface area contributed by atoms with Crippen LogP contribution >= 0.6 is 0 Å². The van der Waals surface area contributed by atoms with Crippen LogP contribution in [0.2, 0.25) is 0 Å². The van der Waals surface area contributed by atoms with Crippen molar-refractivity contribution < 1.29 is 0 Å². The summed E-state index contributed by atoms with van der Waals surface area (Å²) in [6.07, 6.45) is 21.7. The predicted molar refractivity (Wildman–Crippen MR) is 128 cm³/mol. The number of hydrogen-bond donors (Lipinski definition) is 0. The molecule has 1 nitrogen and oxygen atoms in total.